The third kappa shape index (κ3) is 7.51. The van der Waals surface area contributed by atoms with Crippen molar-refractivity contribution >= 4 is 0 Å². The lowest BCUT2D eigenvalue weighted by Crippen LogP contribution is -2.25. The van der Waals surface area contributed by atoms with Crippen molar-refractivity contribution in [1.82, 2.24) is 0 Å². The van der Waals surface area contributed by atoms with Gasteiger partial charge in [0.1, 0.15) is 18.5 Å². The van der Waals surface area contributed by atoms with E-state index in [1.54, 1.807) is 12.1 Å². The summed E-state index contributed by atoms with van der Waals surface area (Å²) in [6.45, 7) is 5.72. The first kappa shape index (κ1) is 17.0. The fourth-order valence-corrected chi connectivity index (χ4v) is 1.98. The molecule has 20 heavy (non-hydrogen) atoms. The Bertz CT molecular complexity index is 326. The number of benzene rings is 1. The number of hydrogen-bond acceptors (Lipinski definition) is 3. The van der Waals surface area contributed by atoms with Gasteiger partial charge in [-0.05, 0) is 30.5 Å². The first-order chi connectivity index (χ1) is 9.76. The van der Waals surface area contributed by atoms with Gasteiger partial charge in [0.15, 0.2) is 0 Å². The van der Waals surface area contributed by atoms with Crippen molar-refractivity contribution in [1.29, 1.82) is 0 Å². The van der Waals surface area contributed by atoms with E-state index in [2.05, 4.69) is 19.9 Å². The highest BCUT2D eigenvalue weighted by atomic mass is 16.5. The quantitative estimate of drug-likeness (QED) is 0.674. The molecule has 3 heteroatoms. The Morgan fingerprint density at radius 2 is 1.90 bits per heavy atom. The molecule has 3 nitrogen and oxygen atoms in total. The number of unbranched alkanes of at least 4 members (excludes halogenated alkanes) is 1. The largest absolute Gasteiger partial charge is 0.491 e. The van der Waals surface area contributed by atoms with Crippen LogP contribution in [0.1, 0.15) is 39.5 Å². The van der Waals surface area contributed by atoms with Gasteiger partial charge in [0.2, 0.25) is 0 Å². The molecule has 2 unspecified atom stereocenters. The van der Waals surface area contributed by atoms with Gasteiger partial charge in [-0.25, -0.2) is 0 Å². The van der Waals surface area contributed by atoms with Crippen molar-refractivity contribution in [3.05, 3.63) is 30.3 Å². The van der Waals surface area contributed by atoms with Gasteiger partial charge in [0.05, 0.1) is 6.61 Å². The van der Waals surface area contributed by atoms with E-state index < -0.39 is 6.10 Å². The standard InChI is InChI=1S/C17H27O3/c1-3-5-9-15(4-2)12-19-13-16(18)14-20-17-10-7-6-8-11-17/h7-8,10-11,15-16,18H,3-5,9,12-14H2,1-2H3. The second-order valence-corrected chi connectivity index (χ2v) is 5.15. The molecule has 1 radical (unpaired) electrons. The molecule has 0 bridgehead atoms. The molecule has 0 aliphatic rings. The Morgan fingerprint density at radius 1 is 1.15 bits per heavy atom. The minimum Gasteiger partial charge on any atom is -0.491 e. The maximum absolute atomic E-state index is 9.81. The van der Waals surface area contributed by atoms with Crippen LogP contribution in [-0.2, 0) is 4.74 Å². The molecule has 0 saturated carbocycles. The molecular weight excluding hydrogens is 252 g/mol. The number of aliphatic hydroxyl groups excluding tert-OH is 1. The molecule has 1 aromatic rings. The SMILES string of the molecule is CCCCC(CC)COCC(O)COc1cc[c]cc1. The molecule has 1 rings (SSSR count). The summed E-state index contributed by atoms with van der Waals surface area (Å²) in [5, 5.41) is 9.81. The molecule has 0 amide bonds. The van der Waals surface area contributed by atoms with Crippen molar-refractivity contribution in [2.75, 3.05) is 19.8 Å². The zero-order valence-corrected chi connectivity index (χ0v) is 12.7. The van der Waals surface area contributed by atoms with Gasteiger partial charge >= 0.3 is 0 Å². The molecule has 0 saturated heterocycles. The highest BCUT2D eigenvalue weighted by Crippen LogP contribution is 2.13. The smallest absolute Gasteiger partial charge is 0.119 e. The predicted octanol–water partition coefficient (Wildman–Crippen LogP) is 3.46. The van der Waals surface area contributed by atoms with E-state index in [0.29, 0.717) is 12.5 Å². The summed E-state index contributed by atoms with van der Waals surface area (Å²) in [5.41, 5.74) is 0. The van der Waals surface area contributed by atoms with Crippen LogP contribution < -0.4 is 4.74 Å². The maximum atomic E-state index is 9.81. The van der Waals surface area contributed by atoms with Crippen molar-refractivity contribution in [3.63, 3.8) is 0 Å². The summed E-state index contributed by atoms with van der Waals surface area (Å²) in [5.74, 6) is 1.35. The molecule has 1 aromatic carbocycles. The molecule has 0 aliphatic heterocycles. The van der Waals surface area contributed by atoms with Gasteiger partial charge in [0.25, 0.3) is 0 Å². The number of hydrogen-bond donors (Lipinski definition) is 1. The van der Waals surface area contributed by atoms with Crippen LogP contribution in [0.15, 0.2) is 24.3 Å². The van der Waals surface area contributed by atoms with Gasteiger partial charge < -0.3 is 14.6 Å². The molecule has 2 atom stereocenters. The lowest BCUT2D eigenvalue weighted by molar-refractivity contribution is -0.00109. The van der Waals surface area contributed by atoms with Crippen molar-refractivity contribution in [3.8, 4) is 5.75 Å². The fraction of sp³-hybridized carbons (Fsp3) is 0.647. The summed E-state index contributed by atoms with van der Waals surface area (Å²) in [7, 11) is 0. The van der Waals surface area contributed by atoms with Crippen LogP contribution in [0.25, 0.3) is 0 Å². The minimum absolute atomic E-state index is 0.260. The van der Waals surface area contributed by atoms with E-state index in [4.69, 9.17) is 9.47 Å². The normalized spacial score (nSPS) is 13.9. The molecule has 0 aromatic heterocycles. The van der Waals surface area contributed by atoms with E-state index in [1.165, 1.54) is 19.3 Å². The zero-order valence-electron chi connectivity index (χ0n) is 12.7. The summed E-state index contributed by atoms with van der Waals surface area (Å²) < 4.78 is 11.1. The number of aliphatic hydroxyl groups is 1. The minimum atomic E-state index is -0.581. The summed E-state index contributed by atoms with van der Waals surface area (Å²) in [6, 6.07) is 10.2. The Kier molecular flexibility index (Phi) is 9.09. The molecule has 0 spiro atoms. The molecule has 0 fully saturated rings. The number of rotatable bonds is 11. The lowest BCUT2D eigenvalue weighted by atomic mass is 10.0. The second kappa shape index (κ2) is 10.7. The highest BCUT2D eigenvalue weighted by molar-refractivity contribution is 5.20. The first-order valence-corrected chi connectivity index (χ1v) is 7.61. The van der Waals surface area contributed by atoms with Gasteiger partial charge in [-0.2, -0.15) is 0 Å². The highest BCUT2D eigenvalue weighted by Gasteiger charge is 2.09. The Hall–Kier alpha value is -1.06. The summed E-state index contributed by atoms with van der Waals surface area (Å²) in [4.78, 5) is 0. The maximum Gasteiger partial charge on any atom is 0.119 e. The fourth-order valence-electron chi connectivity index (χ4n) is 1.98. The average molecular weight is 279 g/mol. The molecule has 0 aliphatic carbocycles. The van der Waals surface area contributed by atoms with E-state index in [9.17, 15) is 5.11 Å². The Balaban J connectivity index is 2.11. The van der Waals surface area contributed by atoms with E-state index >= 15 is 0 Å². The second-order valence-electron chi connectivity index (χ2n) is 5.15. The van der Waals surface area contributed by atoms with Gasteiger partial charge in [0, 0.05) is 6.61 Å². The van der Waals surface area contributed by atoms with Crippen LogP contribution in [0.4, 0.5) is 0 Å². The lowest BCUT2D eigenvalue weighted by Gasteiger charge is -2.17. The van der Waals surface area contributed by atoms with Crippen LogP contribution >= 0.6 is 0 Å². The van der Waals surface area contributed by atoms with Gasteiger partial charge in [-0.1, -0.05) is 45.2 Å². The van der Waals surface area contributed by atoms with Crippen molar-refractivity contribution in [2.24, 2.45) is 5.92 Å². The summed E-state index contributed by atoms with van der Waals surface area (Å²) >= 11 is 0. The van der Waals surface area contributed by atoms with E-state index in [1.807, 2.05) is 12.1 Å². The predicted molar refractivity (Wildman–Crippen MR) is 80.9 cm³/mol. The van der Waals surface area contributed by atoms with E-state index in [0.717, 1.165) is 18.8 Å². The van der Waals surface area contributed by atoms with Crippen LogP contribution in [0.5, 0.6) is 5.75 Å². The first-order valence-electron chi connectivity index (χ1n) is 7.61. The number of ether oxygens (including phenoxy) is 2. The van der Waals surface area contributed by atoms with Gasteiger partial charge in [-0.15, -0.1) is 0 Å². The molecular formula is C17H27O3. The molecule has 113 valence electrons. The van der Waals surface area contributed by atoms with Crippen LogP contribution in [0, 0.1) is 12.0 Å². The monoisotopic (exact) mass is 279 g/mol. The molecule has 1 N–H and O–H groups in total. The third-order valence-electron chi connectivity index (χ3n) is 3.34. The Labute approximate surface area is 122 Å². The Morgan fingerprint density at radius 3 is 2.55 bits per heavy atom. The van der Waals surface area contributed by atoms with Crippen LogP contribution in [0.2, 0.25) is 0 Å². The average Bonchev–Trinajstić information content (AvgIpc) is 2.49. The van der Waals surface area contributed by atoms with Crippen LogP contribution in [0.3, 0.4) is 0 Å². The third-order valence-corrected chi connectivity index (χ3v) is 3.34. The zero-order chi connectivity index (χ0) is 14.6. The summed E-state index contributed by atoms with van der Waals surface area (Å²) in [6.07, 6.45) is 4.23. The molecule has 0 heterocycles. The van der Waals surface area contributed by atoms with E-state index in [-0.39, 0.29) is 6.61 Å². The van der Waals surface area contributed by atoms with Crippen molar-refractivity contribution in [2.45, 2.75) is 45.6 Å². The van der Waals surface area contributed by atoms with Crippen molar-refractivity contribution < 1.29 is 14.6 Å². The topological polar surface area (TPSA) is 38.7 Å². The van der Waals surface area contributed by atoms with Gasteiger partial charge in [-0.3, -0.25) is 0 Å². The van der Waals surface area contributed by atoms with Crippen LogP contribution in [-0.4, -0.2) is 31.0 Å².